The Morgan fingerprint density at radius 2 is 1.95 bits per heavy atom. The minimum Gasteiger partial charge on any atom is -0.494 e. The number of rotatable bonds is 6. The summed E-state index contributed by atoms with van der Waals surface area (Å²) in [5.74, 6) is 1.66. The number of hydrogen-bond acceptors (Lipinski definition) is 8. The normalized spacial score (nSPS) is 15.1. The Kier molecular flexibility index (Phi) is 6.81. The lowest BCUT2D eigenvalue weighted by Gasteiger charge is -2.22. The molecule has 2 N–H and O–H groups in total. The standard InChI is InChI=1S/C26H30BrN7O2P/c1-33-11-10-21-17(14-29-34(21)2)16-12-20(23(36-3)13-22(16)33)31-26-28-15-18(27)25(32-26)30-19-8-6-7-9-24(19)37(4,5)35/h6-9,12-13,15H,10-11,14H2,1-5H3,(H2,28,30,31,32)/q+1. The van der Waals surface area contributed by atoms with Crippen LogP contribution in [0.4, 0.5) is 28.8 Å². The molecule has 11 heteroatoms. The minimum absolute atomic E-state index is 0.405. The first-order chi connectivity index (χ1) is 17.7. The van der Waals surface area contributed by atoms with Gasteiger partial charge in [-0.25, -0.2) is 4.98 Å². The van der Waals surface area contributed by atoms with Gasteiger partial charge in [-0.15, -0.1) is 0 Å². The molecule has 1 aromatic heterocycles. The first kappa shape index (κ1) is 25.4. The Balaban J connectivity index is 1.52. The van der Waals surface area contributed by atoms with Crippen LogP contribution in [-0.2, 0) is 4.57 Å². The third kappa shape index (κ3) is 5.00. The van der Waals surface area contributed by atoms with Gasteiger partial charge in [0.05, 0.1) is 35.0 Å². The molecule has 0 amide bonds. The largest absolute Gasteiger partial charge is 0.494 e. The molecule has 0 bridgehead atoms. The van der Waals surface area contributed by atoms with Gasteiger partial charge in [-0.1, -0.05) is 16.8 Å². The summed E-state index contributed by atoms with van der Waals surface area (Å²) >= 11 is 3.54. The Morgan fingerprint density at radius 3 is 2.70 bits per heavy atom. The maximum absolute atomic E-state index is 12.8. The number of para-hydroxylation sites is 1. The predicted molar refractivity (Wildman–Crippen MR) is 153 cm³/mol. The summed E-state index contributed by atoms with van der Waals surface area (Å²) in [6, 6.07) is 11.7. The molecule has 0 unspecified atom stereocenters. The Hall–Kier alpha value is -3.23. The number of azo groups is 2. The lowest BCUT2D eigenvalue weighted by molar-refractivity contribution is -0.512. The highest BCUT2D eigenvalue weighted by molar-refractivity contribution is 9.10. The number of halogens is 1. The zero-order chi connectivity index (χ0) is 26.3. The van der Waals surface area contributed by atoms with E-state index >= 15 is 0 Å². The summed E-state index contributed by atoms with van der Waals surface area (Å²) in [6.45, 7) is 5.07. The molecule has 37 heavy (non-hydrogen) atoms. The van der Waals surface area contributed by atoms with E-state index in [9.17, 15) is 4.57 Å². The van der Waals surface area contributed by atoms with Crippen LogP contribution in [0.3, 0.4) is 0 Å². The minimum atomic E-state index is -2.49. The van der Waals surface area contributed by atoms with Crippen molar-refractivity contribution in [2.45, 2.75) is 6.42 Å². The number of anilines is 5. The number of fused-ring (bicyclic) bond motifs is 2. The van der Waals surface area contributed by atoms with Crippen LogP contribution in [-0.4, -0.2) is 62.3 Å². The Morgan fingerprint density at radius 1 is 1.16 bits per heavy atom. The number of aromatic nitrogens is 2. The van der Waals surface area contributed by atoms with Gasteiger partial charge in [-0.05, 0) is 52.6 Å². The van der Waals surface area contributed by atoms with Gasteiger partial charge in [0.1, 0.15) is 25.3 Å². The molecule has 0 radical (unpaired) electrons. The highest BCUT2D eigenvalue weighted by Crippen LogP contribution is 2.43. The van der Waals surface area contributed by atoms with Crippen molar-refractivity contribution in [3.05, 3.63) is 58.3 Å². The SMILES string of the molecule is COc1cc2c(cc1Nc1ncc(Br)c(Nc3ccccc3P(C)(C)=O)n1)C1=C(CCN2C)[N+](C)=NC1. The van der Waals surface area contributed by atoms with E-state index in [1.54, 1.807) is 26.6 Å². The molecule has 192 valence electrons. The first-order valence-electron chi connectivity index (χ1n) is 11.9. The summed E-state index contributed by atoms with van der Waals surface area (Å²) in [7, 11) is 3.28. The van der Waals surface area contributed by atoms with Crippen LogP contribution in [0.25, 0.3) is 5.57 Å². The smallest absolute Gasteiger partial charge is 0.229 e. The van der Waals surface area contributed by atoms with E-state index < -0.39 is 7.14 Å². The average molecular weight is 583 g/mol. The molecule has 2 aliphatic heterocycles. The lowest BCUT2D eigenvalue weighted by Crippen LogP contribution is -2.19. The summed E-state index contributed by atoms with van der Waals surface area (Å²) in [6.07, 6.45) is 2.62. The fourth-order valence-electron chi connectivity index (χ4n) is 4.70. The van der Waals surface area contributed by atoms with Crippen LogP contribution < -0.4 is 25.6 Å². The highest BCUT2D eigenvalue weighted by atomic mass is 79.9. The van der Waals surface area contributed by atoms with Crippen LogP contribution in [0.5, 0.6) is 5.75 Å². The summed E-state index contributed by atoms with van der Waals surface area (Å²) in [4.78, 5) is 11.4. The molecule has 0 atom stereocenters. The molecule has 0 saturated carbocycles. The predicted octanol–water partition coefficient (Wildman–Crippen LogP) is 5.64. The number of hydrogen-bond donors (Lipinski definition) is 2. The summed E-state index contributed by atoms with van der Waals surface area (Å²) < 4.78 is 21.3. The van der Waals surface area contributed by atoms with Crippen molar-refractivity contribution >= 4 is 62.8 Å². The molecular formula is C26H30BrN7O2P+. The van der Waals surface area contributed by atoms with Crippen molar-refractivity contribution in [1.82, 2.24) is 9.97 Å². The second-order valence-electron chi connectivity index (χ2n) is 9.50. The molecule has 0 fully saturated rings. The van der Waals surface area contributed by atoms with Crippen molar-refractivity contribution in [3.8, 4) is 5.75 Å². The van der Waals surface area contributed by atoms with Gasteiger partial charge in [-0.3, -0.25) is 0 Å². The van der Waals surface area contributed by atoms with Crippen molar-refractivity contribution in [3.63, 3.8) is 0 Å². The highest BCUT2D eigenvalue weighted by Gasteiger charge is 2.32. The van der Waals surface area contributed by atoms with Crippen LogP contribution in [0.15, 0.2) is 57.9 Å². The fourth-order valence-corrected chi connectivity index (χ4v) is 6.15. The Labute approximate surface area is 225 Å². The van der Waals surface area contributed by atoms with Crippen LogP contribution in [0, 0.1) is 0 Å². The van der Waals surface area contributed by atoms with E-state index in [4.69, 9.17) is 9.72 Å². The van der Waals surface area contributed by atoms with Crippen molar-refractivity contribution < 1.29 is 14.0 Å². The molecule has 5 rings (SSSR count). The van der Waals surface area contributed by atoms with E-state index in [1.165, 1.54) is 11.3 Å². The quantitative estimate of drug-likeness (QED) is 0.287. The molecule has 0 saturated heterocycles. The third-order valence-corrected chi connectivity index (χ3v) is 8.78. The van der Waals surface area contributed by atoms with E-state index in [-0.39, 0.29) is 0 Å². The van der Waals surface area contributed by atoms with Crippen molar-refractivity contribution in [2.75, 3.05) is 63.2 Å². The second kappa shape index (κ2) is 9.91. The number of nitrogens with one attached hydrogen (secondary N) is 2. The van der Waals surface area contributed by atoms with Gasteiger partial charge >= 0.3 is 0 Å². The van der Waals surface area contributed by atoms with Crippen LogP contribution in [0.2, 0.25) is 0 Å². The number of benzene rings is 2. The molecular weight excluding hydrogens is 553 g/mol. The van der Waals surface area contributed by atoms with E-state index in [0.29, 0.717) is 28.5 Å². The zero-order valence-corrected chi connectivity index (χ0v) is 24.0. The summed E-state index contributed by atoms with van der Waals surface area (Å²) in [5.41, 5.74) is 6.22. The van der Waals surface area contributed by atoms with E-state index in [1.807, 2.05) is 36.0 Å². The topological polar surface area (TPSA) is 94.8 Å². The van der Waals surface area contributed by atoms with Gasteiger partial charge in [-0.2, -0.15) is 4.98 Å². The maximum Gasteiger partial charge on any atom is 0.229 e. The fraction of sp³-hybridized carbons (Fsp3) is 0.308. The first-order valence-corrected chi connectivity index (χ1v) is 15.3. The average Bonchev–Trinajstić information content (AvgIpc) is 3.17. The van der Waals surface area contributed by atoms with Gasteiger partial charge < -0.3 is 24.8 Å². The monoisotopic (exact) mass is 582 g/mol. The van der Waals surface area contributed by atoms with E-state index in [2.05, 4.69) is 60.7 Å². The van der Waals surface area contributed by atoms with Gasteiger partial charge in [0.2, 0.25) is 11.6 Å². The molecule has 2 aliphatic rings. The molecule has 0 aliphatic carbocycles. The van der Waals surface area contributed by atoms with Gasteiger partial charge in [0, 0.05) is 42.4 Å². The molecule has 9 nitrogen and oxygen atoms in total. The van der Waals surface area contributed by atoms with Crippen molar-refractivity contribution in [2.24, 2.45) is 5.11 Å². The molecule has 2 aromatic carbocycles. The molecule has 3 heterocycles. The zero-order valence-electron chi connectivity index (χ0n) is 21.5. The second-order valence-corrected chi connectivity index (χ2v) is 13.5. The lowest BCUT2D eigenvalue weighted by atomic mass is 10.0. The van der Waals surface area contributed by atoms with Crippen molar-refractivity contribution in [1.29, 1.82) is 0 Å². The molecule has 3 aromatic rings. The number of nitrogens with zero attached hydrogens (tertiary/aromatic N) is 5. The van der Waals surface area contributed by atoms with Crippen LogP contribution in [0.1, 0.15) is 12.0 Å². The number of methoxy groups -OCH3 is 1. The third-order valence-electron chi connectivity index (χ3n) is 6.65. The van der Waals surface area contributed by atoms with Crippen LogP contribution >= 0.6 is 23.1 Å². The number of ether oxygens (including phenoxy) is 1. The van der Waals surface area contributed by atoms with E-state index in [0.717, 1.165) is 40.9 Å². The maximum atomic E-state index is 12.8. The Bertz CT molecular complexity index is 1500. The molecule has 0 spiro atoms. The van der Waals surface area contributed by atoms with Gasteiger partial charge in [0.15, 0.2) is 7.05 Å². The van der Waals surface area contributed by atoms with Gasteiger partial charge in [0.25, 0.3) is 0 Å². The summed E-state index contributed by atoms with van der Waals surface area (Å²) in [5, 5.41) is 12.1.